The van der Waals surface area contributed by atoms with E-state index >= 15 is 0 Å². The smallest absolute Gasteiger partial charge is 0.107 e. The fourth-order valence-electron chi connectivity index (χ4n) is 1.94. The van der Waals surface area contributed by atoms with Gasteiger partial charge in [-0.05, 0) is 0 Å². The Morgan fingerprint density at radius 3 is 0.839 bits per heavy atom. The molecule has 0 aliphatic carbocycles. The van der Waals surface area contributed by atoms with Crippen molar-refractivity contribution in [3.8, 4) is 12.3 Å². The summed E-state index contributed by atoms with van der Waals surface area (Å²) in [5.41, 5.74) is 0. The predicted molar refractivity (Wildman–Crippen MR) is 120 cm³/mol. The monoisotopic (exact) mass is 514 g/mol. The first-order valence-electron chi connectivity index (χ1n) is 10.6. The zero-order valence-electron chi connectivity index (χ0n) is 18.6. The van der Waals surface area contributed by atoms with Crippen LogP contribution in [0.2, 0.25) is 0 Å². The van der Waals surface area contributed by atoms with Gasteiger partial charge in [0.15, 0.2) is 0 Å². The van der Waals surface area contributed by atoms with Crippen LogP contribution in [-0.4, -0.2) is 124 Å². The summed E-state index contributed by atoms with van der Waals surface area (Å²) in [6.45, 7) is 9.60. The van der Waals surface area contributed by atoms with Crippen LogP contribution < -0.4 is 0 Å². The van der Waals surface area contributed by atoms with Gasteiger partial charge in [-0.1, -0.05) is 21.9 Å². The molecule has 0 fully saturated rings. The maximum absolute atomic E-state index is 5.42. The van der Waals surface area contributed by atoms with Crippen LogP contribution in [-0.2, 0) is 42.6 Å². The molecule has 0 aliphatic rings. The molecule has 31 heavy (non-hydrogen) atoms. The van der Waals surface area contributed by atoms with E-state index < -0.39 is 0 Å². The van der Waals surface area contributed by atoms with Crippen molar-refractivity contribution in [1.29, 1.82) is 0 Å². The average Bonchev–Trinajstić information content (AvgIpc) is 2.78. The highest BCUT2D eigenvalue weighted by Gasteiger charge is 1.95. The Balaban J connectivity index is 2.99. The molecule has 0 saturated heterocycles. The Labute approximate surface area is 195 Å². The van der Waals surface area contributed by atoms with Gasteiger partial charge in [-0.2, -0.15) is 0 Å². The normalized spacial score (nSPS) is 11.1. The third-order valence-corrected chi connectivity index (χ3v) is 3.71. The van der Waals surface area contributed by atoms with E-state index in [4.69, 9.17) is 49.1 Å². The summed E-state index contributed by atoms with van der Waals surface area (Å²) in [5.74, 6) is 2.39. The molecule has 0 heterocycles. The van der Waals surface area contributed by atoms with Crippen LogP contribution in [0.1, 0.15) is 0 Å². The van der Waals surface area contributed by atoms with Crippen LogP contribution in [0, 0.1) is 12.3 Å². The summed E-state index contributed by atoms with van der Waals surface area (Å²) in [5, 5.41) is 0.841. The number of hydrogen-bond donors (Lipinski definition) is 0. The van der Waals surface area contributed by atoms with Gasteiger partial charge in [-0.25, -0.2) is 0 Å². The van der Waals surface area contributed by atoms with Crippen LogP contribution >= 0.6 is 15.9 Å². The molecule has 0 aromatic rings. The van der Waals surface area contributed by atoms with Gasteiger partial charge in [0.05, 0.1) is 112 Å². The van der Waals surface area contributed by atoms with Gasteiger partial charge in [-0.15, -0.1) is 6.42 Å². The molecule has 0 aromatic carbocycles. The summed E-state index contributed by atoms with van der Waals surface area (Å²) in [6.07, 6.45) is 5.06. The molecule has 184 valence electrons. The molecule has 0 saturated carbocycles. The lowest BCUT2D eigenvalue weighted by Gasteiger charge is -2.08. The van der Waals surface area contributed by atoms with Crippen molar-refractivity contribution < 1.29 is 42.6 Å². The molecule has 0 N–H and O–H groups in total. The molecule has 0 radical (unpaired) electrons. The van der Waals surface area contributed by atoms with E-state index in [0.717, 1.165) is 5.33 Å². The quantitative estimate of drug-likeness (QED) is 0.0910. The summed E-state index contributed by atoms with van der Waals surface area (Å²) >= 11 is 3.29. The number of terminal acetylenes is 1. The van der Waals surface area contributed by atoms with Crippen molar-refractivity contribution in [3.63, 3.8) is 0 Å². The predicted octanol–water partition coefficient (Wildman–Crippen LogP) is 1.16. The van der Waals surface area contributed by atoms with Gasteiger partial charge in [0.25, 0.3) is 0 Å². The van der Waals surface area contributed by atoms with Crippen LogP contribution in [0.4, 0.5) is 0 Å². The Morgan fingerprint density at radius 2 is 0.613 bits per heavy atom. The largest absolute Gasteiger partial charge is 0.378 e. The Kier molecular flexibility index (Phi) is 29.4. The van der Waals surface area contributed by atoms with E-state index in [1.54, 1.807) is 0 Å². The van der Waals surface area contributed by atoms with Gasteiger partial charge in [-0.3, -0.25) is 0 Å². The highest BCUT2D eigenvalue weighted by Crippen LogP contribution is 1.86. The van der Waals surface area contributed by atoms with Crippen LogP contribution in [0.25, 0.3) is 0 Å². The zero-order valence-corrected chi connectivity index (χ0v) is 20.2. The number of alkyl halides is 1. The number of ether oxygens (including phenoxy) is 9. The highest BCUT2D eigenvalue weighted by atomic mass is 79.9. The SMILES string of the molecule is C#CCOCCOCCOCCOCCOCCOCCOCCOCCOCCBr. The minimum atomic E-state index is 0.314. The van der Waals surface area contributed by atoms with Crippen molar-refractivity contribution in [2.75, 3.05) is 124 Å². The Hall–Kier alpha value is -0.320. The van der Waals surface area contributed by atoms with Crippen LogP contribution in [0.5, 0.6) is 0 Å². The highest BCUT2D eigenvalue weighted by molar-refractivity contribution is 9.09. The van der Waals surface area contributed by atoms with Crippen LogP contribution in [0.15, 0.2) is 0 Å². The second-order valence-electron chi connectivity index (χ2n) is 5.84. The molecule has 0 amide bonds. The number of hydrogen-bond acceptors (Lipinski definition) is 9. The van der Waals surface area contributed by atoms with Crippen molar-refractivity contribution in [1.82, 2.24) is 0 Å². The first-order chi connectivity index (χ1) is 15.4. The molecule has 9 nitrogen and oxygen atoms in total. The summed E-state index contributed by atoms with van der Waals surface area (Å²) < 4.78 is 48.1. The Morgan fingerprint density at radius 1 is 0.387 bits per heavy atom. The molecular weight excluding hydrogens is 476 g/mol. The lowest BCUT2D eigenvalue weighted by molar-refractivity contribution is -0.0243. The van der Waals surface area contributed by atoms with E-state index in [-0.39, 0.29) is 0 Å². The standard InChI is InChI=1S/C21H39BrO9/c1-2-4-23-6-8-25-10-12-27-14-16-29-18-20-31-21-19-30-17-15-28-13-11-26-9-7-24-5-3-22/h1H,3-21H2. The van der Waals surface area contributed by atoms with E-state index in [0.29, 0.717) is 119 Å². The third kappa shape index (κ3) is 29.7. The van der Waals surface area contributed by atoms with Gasteiger partial charge >= 0.3 is 0 Å². The molecule has 0 aliphatic heterocycles. The first kappa shape index (κ1) is 30.7. The molecule has 0 atom stereocenters. The first-order valence-corrected chi connectivity index (χ1v) is 11.7. The molecular formula is C21H39BrO9. The average molecular weight is 515 g/mol. The lowest BCUT2D eigenvalue weighted by Crippen LogP contribution is -2.15. The molecule has 0 unspecified atom stereocenters. The topological polar surface area (TPSA) is 83.1 Å². The van der Waals surface area contributed by atoms with Gasteiger partial charge in [0, 0.05) is 5.33 Å². The second kappa shape index (κ2) is 29.7. The van der Waals surface area contributed by atoms with Crippen LogP contribution in [0.3, 0.4) is 0 Å². The second-order valence-corrected chi connectivity index (χ2v) is 6.64. The van der Waals surface area contributed by atoms with Gasteiger partial charge < -0.3 is 42.6 Å². The maximum Gasteiger partial charge on any atom is 0.107 e. The molecule has 10 heteroatoms. The minimum absolute atomic E-state index is 0.314. The van der Waals surface area contributed by atoms with E-state index in [2.05, 4.69) is 21.9 Å². The number of halogens is 1. The lowest BCUT2D eigenvalue weighted by atomic mass is 10.6. The van der Waals surface area contributed by atoms with Crippen molar-refractivity contribution in [2.45, 2.75) is 0 Å². The Bertz CT molecular complexity index is 369. The molecule has 0 aromatic heterocycles. The minimum Gasteiger partial charge on any atom is -0.378 e. The zero-order chi connectivity index (χ0) is 22.5. The van der Waals surface area contributed by atoms with Gasteiger partial charge in [0.1, 0.15) is 6.61 Å². The van der Waals surface area contributed by atoms with E-state index in [1.165, 1.54) is 0 Å². The fourth-order valence-corrected chi connectivity index (χ4v) is 2.17. The van der Waals surface area contributed by atoms with E-state index in [1.807, 2.05) is 0 Å². The summed E-state index contributed by atoms with van der Waals surface area (Å²) in [6, 6.07) is 0. The summed E-state index contributed by atoms with van der Waals surface area (Å²) in [4.78, 5) is 0. The third-order valence-electron chi connectivity index (χ3n) is 3.38. The van der Waals surface area contributed by atoms with Crippen molar-refractivity contribution in [3.05, 3.63) is 0 Å². The number of rotatable bonds is 27. The van der Waals surface area contributed by atoms with Gasteiger partial charge in [0.2, 0.25) is 0 Å². The summed E-state index contributed by atoms with van der Waals surface area (Å²) in [7, 11) is 0. The van der Waals surface area contributed by atoms with Crippen molar-refractivity contribution in [2.24, 2.45) is 0 Å². The maximum atomic E-state index is 5.42. The van der Waals surface area contributed by atoms with E-state index in [9.17, 15) is 0 Å². The molecule has 0 bridgehead atoms. The fraction of sp³-hybridized carbons (Fsp3) is 0.905. The van der Waals surface area contributed by atoms with Crippen molar-refractivity contribution >= 4 is 15.9 Å². The molecule has 0 spiro atoms. The molecule has 0 rings (SSSR count).